The van der Waals surface area contributed by atoms with Crippen molar-refractivity contribution in [2.24, 2.45) is 11.5 Å². The zero-order valence-corrected chi connectivity index (χ0v) is 15.6. The van der Waals surface area contributed by atoms with Crippen LogP contribution in [-0.4, -0.2) is 39.9 Å². The van der Waals surface area contributed by atoms with Crippen LogP contribution in [-0.2, 0) is 4.79 Å². The van der Waals surface area contributed by atoms with Gasteiger partial charge in [-0.3, -0.25) is 14.6 Å². The van der Waals surface area contributed by atoms with Crippen molar-refractivity contribution in [3.05, 3.63) is 48.4 Å². The molecule has 5 N–H and O–H groups in total. The van der Waals surface area contributed by atoms with Crippen LogP contribution < -0.4 is 21.7 Å². The average molecular weight is 379 g/mol. The van der Waals surface area contributed by atoms with Crippen molar-refractivity contribution in [2.75, 3.05) is 17.3 Å². The van der Waals surface area contributed by atoms with Crippen LogP contribution in [0.2, 0.25) is 0 Å². The summed E-state index contributed by atoms with van der Waals surface area (Å²) in [6.07, 6.45) is 5.29. The van der Waals surface area contributed by atoms with E-state index in [0.717, 1.165) is 10.8 Å². The molecule has 9 heteroatoms. The molecule has 144 valence electrons. The normalized spacial score (nSPS) is 11.8. The molecule has 0 saturated carbocycles. The lowest BCUT2D eigenvalue weighted by molar-refractivity contribution is -0.119. The topological polar surface area (TPSA) is 140 Å². The molecule has 0 bridgehead atoms. The first-order valence-electron chi connectivity index (χ1n) is 8.70. The van der Waals surface area contributed by atoms with Gasteiger partial charge in [-0.1, -0.05) is 13.0 Å². The smallest absolute Gasteiger partial charge is 0.254 e. The highest BCUT2D eigenvalue weighted by molar-refractivity contribution is 5.98. The fraction of sp³-hybridized carbons (Fsp3) is 0.211. The Kier molecular flexibility index (Phi) is 5.35. The molecule has 28 heavy (non-hydrogen) atoms. The number of nitrogens with one attached hydrogen (secondary N) is 1. The van der Waals surface area contributed by atoms with Gasteiger partial charge in [0.1, 0.15) is 17.4 Å². The maximum absolute atomic E-state index is 11.8. The Labute approximate surface area is 161 Å². The van der Waals surface area contributed by atoms with Crippen molar-refractivity contribution in [3.8, 4) is 0 Å². The van der Waals surface area contributed by atoms with Crippen LogP contribution in [0.5, 0.6) is 0 Å². The number of hydrogen-bond acceptors (Lipinski definition) is 7. The maximum atomic E-state index is 11.8. The SMILES string of the molecule is CCC(C(N)=O)N(C)c1ncc(C(N)=O)c(Nc2ccc3ccncc3c2)n1. The Bertz CT molecular complexity index is 1040. The first-order chi connectivity index (χ1) is 13.4. The minimum atomic E-state index is -0.666. The molecule has 2 aromatic heterocycles. The lowest BCUT2D eigenvalue weighted by Gasteiger charge is -2.25. The number of fused-ring (bicyclic) bond motifs is 1. The van der Waals surface area contributed by atoms with Gasteiger partial charge in [-0.05, 0) is 30.0 Å². The summed E-state index contributed by atoms with van der Waals surface area (Å²) < 4.78 is 0. The van der Waals surface area contributed by atoms with Crippen molar-refractivity contribution in [3.63, 3.8) is 0 Å². The van der Waals surface area contributed by atoms with E-state index in [1.54, 1.807) is 24.3 Å². The van der Waals surface area contributed by atoms with E-state index in [-0.39, 0.29) is 17.3 Å². The number of carbonyl (C=O) groups excluding carboxylic acids is 2. The third kappa shape index (κ3) is 3.83. The number of nitrogens with two attached hydrogens (primary N) is 2. The van der Waals surface area contributed by atoms with Gasteiger partial charge in [0.15, 0.2) is 0 Å². The summed E-state index contributed by atoms with van der Waals surface area (Å²) in [5, 5.41) is 5.07. The van der Waals surface area contributed by atoms with Gasteiger partial charge in [-0.15, -0.1) is 0 Å². The highest BCUT2D eigenvalue weighted by Gasteiger charge is 2.22. The van der Waals surface area contributed by atoms with Gasteiger partial charge >= 0.3 is 0 Å². The second-order valence-electron chi connectivity index (χ2n) is 6.30. The second kappa shape index (κ2) is 7.87. The number of benzene rings is 1. The summed E-state index contributed by atoms with van der Waals surface area (Å²) in [4.78, 5) is 37.7. The standard InChI is InChI=1S/C19H21N7O2/c1-3-15(17(21)28)26(2)19-23-10-14(16(20)27)18(25-19)24-13-5-4-11-6-7-22-9-12(11)8-13/h4-10,15H,3H2,1-2H3,(H2,20,27)(H2,21,28)(H,23,24,25). The molecule has 9 nitrogen and oxygen atoms in total. The quantitative estimate of drug-likeness (QED) is 0.566. The van der Waals surface area contributed by atoms with Crippen LogP contribution in [0.25, 0.3) is 10.8 Å². The molecule has 3 aromatic rings. The maximum Gasteiger partial charge on any atom is 0.254 e. The molecule has 0 radical (unpaired) electrons. The van der Waals surface area contributed by atoms with E-state index in [4.69, 9.17) is 11.5 Å². The number of rotatable bonds is 7. The predicted molar refractivity (Wildman–Crippen MR) is 107 cm³/mol. The third-order valence-corrected chi connectivity index (χ3v) is 4.44. The lowest BCUT2D eigenvalue weighted by Crippen LogP contribution is -2.43. The molecule has 1 aromatic carbocycles. The Morgan fingerprint density at radius 3 is 2.64 bits per heavy atom. The molecule has 0 spiro atoms. The molecule has 2 heterocycles. The van der Waals surface area contributed by atoms with Crippen molar-refractivity contribution < 1.29 is 9.59 Å². The Morgan fingerprint density at radius 1 is 1.18 bits per heavy atom. The summed E-state index contributed by atoms with van der Waals surface area (Å²) in [5.74, 6) is -0.655. The molecule has 0 aliphatic carbocycles. The molecular weight excluding hydrogens is 358 g/mol. The van der Waals surface area contributed by atoms with Crippen molar-refractivity contribution in [1.29, 1.82) is 0 Å². The summed E-state index contributed by atoms with van der Waals surface area (Å²) >= 11 is 0. The van der Waals surface area contributed by atoms with Crippen LogP contribution >= 0.6 is 0 Å². The van der Waals surface area contributed by atoms with Crippen LogP contribution in [0.15, 0.2) is 42.9 Å². The van der Waals surface area contributed by atoms with Gasteiger partial charge < -0.3 is 21.7 Å². The zero-order valence-electron chi connectivity index (χ0n) is 15.6. The molecule has 1 unspecified atom stereocenters. The van der Waals surface area contributed by atoms with Crippen LogP contribution in [0.1, 0.15) is 23.7 Å². The van der Waals surface area contributed by atoms with E-state index in [1.165, 1.54) is 6.20 Å². The number of aromatic nitrogens is 3. The monoisotopic (exact) mass is 379 g/mol. The van der Waals surface area contributed by atoms with Gasteiger partial charge in [0, 0.05) is 36.7 Å². The molecule has 3 rings (SSSR count). The van der Waals surface area contributed by atoms with E-state index in [0.29, 0.717) is 12.1 Å². The molecule has 2 amide bonds. The molecule has 1 atom stereocenters. The Morgan fingerprint density at radius 2 is 1.96 bits per heavy atom. The van der Waals surface area contributed by atoms with E-state index >= 15 is 0 Å². The highest BCUT2D eigenvalue weighted by Crippen LogP contribution is 2.24. The molecule has 0 fully saturated rings. The number of carbonyl (C=O) groups is 2. The van der Waals surface area contributed by atoms with E-state index in [2.05, 4.69) is 20.3 Å². The summed E-state index contributed by atoms with van der Waals surface area (Å²) in [5.41, 5.74) is 11.7. The van der Waals surface area contributed by atoms with Crippen LogP contribution in [0.3, 0.4) is 0 Å². The number of likely N-dealkylation sites (N-methyl/N-ethyl adjacent to an activating group) is 1. The summed E-state index contributed by atoms with van der Waals surface area (Å²) in [6.45, 7) is 1.84. The van der Waals surface area contributed by atoms with Gasteiger partial charge in [-0.25, -0.2) is 4.98 Å². The number of nitrogens with zero attached hydrogens (tertiary/aromatic N) is 4. The molecule has 0 saturated heterocycles. The number of pyridine rings is 1. The second-order valence-corrected chi connectivity index (χ2v) is 6.30. The van der Waals surface area contributed by atoms with E-state index in [1.807, 2.05) is 31.2 Å². The minimum Gasteiger partial charge on any atom is -0.368 e. The fourth-order valence-electron chi connectivity index (χ4n) is 2.92. The minimum absolute atomic E-state index is 0.135. The van der Waals surface area contributed by atoms with Crippen LogP contribution in [0.4, 0.5) is 17.5 Å². The average Bonchev–Trinajstić information content (AvgIpc) is 2.67. The molecule has 0 aliphatic heterocycles. The zero-order chi connectivity index (χ0) is 20.3. The highest BCUT2D eigenvalue weighted by atomic mass is 16.1. The summed E-state index contributed by atoms with van der Waals surface area (Å²) in [6, 6.07) is 7.00. The first-order valence-corrected chi connectivity index (χ1v) is 8.70. The first kappa shape index (κ1) is 19.0. The Balaban J connectivity index is 1.99. The largest absolute Gasteiger partial charge is 0.368 e. The summed E-state index contributed by atoms with van der Waals surface area (Å²) in [7, 11) is 1.67. The number of hydrogen-bond donors (Lipinski definition) is 3. The van der Waals surface area contributed by atoms with Gasteiger partial charge in [0.2, 0.25) is 11.9 Å². The van der Waals surface area contributed by atoms with Crippen LogP contribution in [0, 0.1) is 0 Å². The van der Waals surface area contributed by atoms with Gasteiger partial charge in [0.25, 0.3) is 5.91 Å². The predicted octanol–water partition coefficient (Wildman–Crippen LogP) is 1.57. The van der Waals surface area contributed by atoms with E-state index in [9.17, 15) is 9.59 Å². The molecular formula is C19H21N7O2. The van der Waals surface area contributed by atoms with Crippen molar-refractivity contribution in [2.45, 2.75) is 19.4 Å². The molecule has 0 aliphatic rings. The third-order valence-electron chi connectivity index (χ3n) is 4.44. The van der Waals surface area contributed by atoms with Crippen molar-refractivity contribution in [1.82, 2.24) is 15.0 Å². The number of anilines is 3. The lowest BCUT2D eigenvalue weighted by atomic mass is 10.1. The van der Waals surface area contributed by atoms with E-state index < -0.39 is 17.9 Å². The number of primary amides is 2. The van der Waals surface area contributed by atoms with Gasteiger partial charge in [0.05, 0.1) is 0 Å². The number of amides is 2. The fourth-order valence-corrected chi connectivity index (χ4v) is 2.92. The van der Waals surface area contributed by atoms with Crippen molar-refractivity contribution >= 4 is 40.0 Å². The van der Waals surface area contributed by atoms with Gasteiger partial charge in [-0.2, -0.15) is 4.98 Å². The Hall–Kier alpha value is -3.75.